The van der Waals surface area contributed by atoms with Gasteiger partial charge < -0.3 is 0 Å². The van der Waals surface area contributed by atoms with E-state index in [1.54, 1.807) is 0 Å². The van der Waals surface area contributed by atoms with Gasteiger partial charge in [0.2, 0.25) is 0 Å². The Bertz CT molecular complexity index is 179. The molecule has 0 aromatic carbocycles. The molecule has 2 aliphatic carbocycles. The van der Waals surface area contributed by atoms with Gasteiger partial charge in [-0.25, -0.2) is 5.01 Å². The molecule has 106 valence electrons. The normalized spacial score (nSPS) is 26.3. The molecule has 0 aliphatic heterocycles. The number of hydrogen-bond acceptors (Lipinski definition) is 2. The molecule has 0 heterocycles. The van der Waals surface area contributed by atoms with Crippen molar-refractivity contribution in [2.24, 2.45) is 5.84 Å². The van der Waals surface area contributed by atoms with Crippen LogP contribution in [0.3, 0.4) is 0 Å². The molecule has 0 unspecified atom stereocenters. The summed E-state index contributed by atoms with van der Waals surface area (Å²) >= 11 is 0. The number of nitrogens with two attached hydrogens (primary N) is 1. The van der Waals surface area contributed by atoms with Crippen LogP contribution in [0.2, 0.25) is 0 Å². The highest BCUT2D eigenvalue weighted by molar-refractivity contribution is 4.78. The second kappa shape index (κ2) is 8.16. The first kappa shape index (κ1) is 14.3. The first-order valence-electron chi connectivity index (χ1n) is 8.41. The summed E-state index contributed by atoms with van der Waals surface area (Å²) in [5, 5.41) is 2.29. The Kier molecular flexibility index (Phi) is 6.50. The van der Waals surface area contributed by atoms with E-state index < -0.39 is 0 Å². The smallest absolute Gasteiger partial charge is 0.0244 e. The molecule has 0 saturated heterocycles. The molecule has 2 heteroatoms. The van der Waals surface area contributed by atoms with Crippen molar-refractivity contribution < 1.29 is 0 Å². The molecule has 18 heavy (non-hydrogen) atoms. The Balaban J connectivity index is 1.83. The van der Waals surface area contributed by atoms with Crippen LogP contribution in [-0.4, -0.2) is 17.1 Å². The summed E-state index contributed by atoms with van der Waals surface area (Å²) in [5.74, 6) is 6.50. The SMILES string of the molecule is NN(C1CCCCCCC1)C1CCCCCCC1. The second-order valence-corrected chi connectivity index (χ2v) is 6.45. The van der Waals surface area contributed by atoms with E-state index in [-0.39, 0.29) is 0 Å². The lowest BCUT2D eigenvalue weighted by Gasteiger charge is -2.36. The minimum atomic E-state index is 0.676. The van der Waals surface area contributed by atoms with Gasteiger partial charge in [0.1, 0.15) is 0 Å². The molecule has 0 atom stereocenters. The predicted octanol–water partition coefficient (Wildman–Crippen LogP) is 4.39. The van der Waals surface area contributed by atoms with Crippen molar-refractivity contribution in [2.45, 2.75) is 102 Å². The molecular formula is C16H32N2. The molecule has 0 aromatic rings. The first-order chi connectivity index (χ1) is 8.88. The van der Waals surface area contributed by atoms with E-state index >= 15 is 0 Å². The van der Waals surface area contributed by atoms with Crippen molar-refractivity contribution in [1.29, 1.82) is 0 Å². The van der Waals surface area contributed by atoms with Crippen LogP contribution in [0.25, 0.3) is 0 Å². The predicted molar refractivity (Wildman–Crippen MR) is 78.2 cm³/mol. The third-order valence-electron chi connectivity index (χ3n) is 4.99. The zero-order valence-electron chi connectivity index (χ0n) is 12.1. The fourth-order valence-electron chi connectivity index (χ4n) is 3.76. The van der Waals surface area contributed by atoms with Crippen molar-refractivity contribution in [2.75, 3.05) is 0 Å². The van der Waals surface area contributed by atoms with Crippen LogP contribution in [-0.2, 0) is 0 Å². The molecule has 0 radical (unpaired) electrons. The molecule has 2 N–H and O–H groups in total. The minimum absolute atomic E-state index is 0.676. The van der Waals surface area contributed by atoms with Crippen LogP contribution < -0.4 is 5.84 Å². The number of hydrazine groups is 1. The highest BCUT2D eigenvalue weighted by Gasteiger charge is 2.24. The van der Waals surface area contributed by atoms with Gasteiger partial charge in [-0.2, -0.15) is 0 Å². The number of rotatable bonds is 2. The number of nitrogens with zero attached hydrogens (tertiary/aromatic N) is 1. The van der Waals surface area contributed by atoms with Crippen LogP contribution in [0.15, 0.2) is 0 Å². The van der Waals surface area contributed by atoms with Crippen molar-refractivity contribution in [3.8, 4) is 0 Å². The number of hydrogen-bond donors (Lipinski definition) is 1. The Morgan fingerprint density at radius 3 is 1.11 bits per heavy atom. The lowest BCUT2D eigenvalue weighted by molar-refractivity contribution is 0.0939. The Hall–Kier alpha value is -0.0800. The highest BCUT2D eigenvalue weighted by atomic mass is 15.4. The van der Waals surface area contributed by atoms with E-state index in [4.69, 9.17) is 5.84 Å². The van der Waals surface area contributed by atoms with Gasteiger partial charge in [0, 0.05) is 12.1 Å². The fourth-order valence-corrected chi connectivity index (χ4v) is 3.76. The Morgan fingerprint density at radius 1 is 0.500 bits per heavy atom. The molecule has 0 bridgehead atoms. The third kappa shape index (κ3) is 4.55. The van der Waals surface area contributed by atoms with E-state index in [2.05, 4.69) is 5.01 Å². The summed E-state index contributed by atoms with van der Waals surface area (Å²) in [6.07, 6.45) is 19.5. The maximum absolute atomic E-state index is 6.50. The summed E-state index contributed by atoms with van der Waals surface area (Å²) in [4.78, 5) is 0. The highest BCUT2D eigenvalue weighted by Crippen LogP contribution is 2.26. The van der Waals surface area contributed by atoms with E-state index in [0.717, 1.165) is 0 Å². The Labute approximate surface area is 113 Å². The lowest BCUT2D eigenvalue weighted by atomic mass is 9.92. The second-order valence-electron chi connectivity index (χ2n) is 6.45. The van der Waals surface area contributed by atoms with Gasteiger partial charge in [0.15, 0.2) is 0 Å². The summed E-state index contributed by atoms with van der Waals surface area (Å²) < 4.78 is 0. The average molecular weight is 252 g/mol. The van der Waals surface area contributed by atoms with Crippen LogP contribution >= 0.6 is 0 Å². The summed E-state index contributed by atoms with van der Waals surface area (Å²) in [6.45, 7) is 0. The molecule has 2 fully saturated rings. The van der Waals surface area contributed by atoms with E-state index in [1.807, 2.05) is 0 Å². The van der Waals surface area contributed by atoms with Crippen molar-refractivity contribution in [1.82, 2.24) is 5.01 Å². The average Bonchev–Trinajstić information content (AvgIpc) is 2.27. The van der Waals surface area contributed by atoms with Gasteiger partial charge in [0.25, 0.3) is 0 Å². The molecule has 2 aliphatic rings. The molecule has 2 nitrogen and oxygen atoms in total. The fraction of sp³-hybridized carbons (Fsp3) is 1.00. The lowest BCUT2D eigenvalue weighted by Crippen LogP contribution is -2.48. The van der Waals surface area contributed by atoms with Gasteiger partial charge >= 0.3 is 0 Å². The van der Waals surface area contributed by atoms with E-state index in [1.165, 1.54) is 89.9 Å². The maximum atomic E-state index is 6.50. The molecule has 0 spiro atoms. The van der Waals surface area contributed by atoms with Crippen molar-refractivity contribution in [3.63, 3.8) is 0 Å². The van der Waals surface area contributed by atoms with Crippen LogP contribution in [0, 0.1) is 0 Å². The van der Waals surface area contributed by atoms with Crippen LogP contribution in [0.4, 0.5) is 0 Å². The third-order valence-corrected chi connectivity index (χ3v) is 4.99. The van der Waals surface area contributed by atoms with Crippen LogP contribution in [0.5, 0.6) is 0 Å². The van der Waals surface area contributed by atoms with Gasteiger partial charge in [-0.05, 0) is 25.7 Å². The topological polar surface area (TPSA) is 29.3 Å². The quantitative estimate of drug-likeness (QED) is 0.583. The minimum Gasteiger partial charge on any atom is -0.268 e. The maximum Gasteiger partial charge on any atom is 0.0244 e. The summed E-state index contributed by atoms with van der Waals surface area (Å²) in [5.41, 5.74) is 0. The van der Waals surface area contributed by atoms with E-state index in [9.17, 15) is 0 Å². The molecule has 2 rings (SSSR count). The molecule has 0 aromatic heterocycles. The van der Waals surface area contributed by atoms with Gasteiger partial charge in [-0.15, -0.1) is 0 Å². The largest absolute Gasteiger partial charge is 0.268 e. The zero-order valence-corrected chi connectivity index (χ0v) is 12.1. The zero-order chi connectivity index (χ0) is 12.6. The van der Waals surface area contributed by atoms with Gasteiger partial charge in [-0.3, -0.25) is 5.84 Å². The summed E-state index contributed by atoms with van der Waals surface area (Å²) in [6, 6.07) is 1.35. The molecule has 2 saturated carbocycles. The van der Waals surface area contributed by atoms with Crippen LogP contribution in [0.1, 0.15) is 89.9 Å². The van der Waals surface area contributed by atoms with Gasteiger partial charge in [-0.1, -0.05) is 64.2 Å². The van der Waals surface area contributed by atoms with Crippen molar-refractivity contribution >= 4 is 0 Å². The summed E-state index contributed by atoms with van der Waals surface area (Å²) in [7, 11) is 0. The standard InChI is InChI=1S/C16H32N2/c17-18(15-11-7-3-1-4-8-12-15)16-13-9-5-2-6-10-14-16/h15-16H,1-14,17H2. The van der Waals surface area contributed by atoms with Gasteiger partial charge in [0.05, 0.1) is 0 Å². The molecular weight excluding hydrogens is 220 g/mol. The Morgan fingerprint density at radius 2 is 0.778 bits per heavy atom. The monoisotopic (exact) mass is 252 g/mol. The molecule has 0 amide bonds. The van der Waals surface area contributed by atoms with Crippen molar-refractivity contribution in [3.05, 3.63) is 0 Å². The first-order valence-corrected chi connectivity index (χ1v) is 8.41. The van der Waals surface area contributed by atoms with E-state index in [0.29, 0.717) is 12.1 Å².